The van der Waals surface area contributed by atoms with Crippen LogP contribution in [0.25, 0.3) is 0 Å². The molecule has 0 saturated heterocycles. The van der Waals surface area contributed by atoms with Crippen molar-refractivity contribution >= 4 is 11.8 Å². The topological polar surface area (TPSA) is 50.9 Å². The van der Waals surface area contributed by atoms with Gasteiger partial charge in [-0.1, -0.05) is 6.92 Å². The van der Waals surface area contributed by atoms with Crippen LogP contribution in [0.1, 0.15) is 24.1 Å². The Bertz CT molecular complexity index is 278. The van der Waals surface area contributed by atoms with E-state index in [0.717, 1.165) is 11.5 Å². The Kier molecular flexibility index (Phi) is 4.93. The first-order valence-corrected chi connectivity index (χ1v) is 5.89. The van der Waals surface area contributed by atoms with E-state index in [1.54, 1.807) is 6.20 Å². The van der Waals surface area contributed by atoms with E-state index in [9.17, 15) is 0 Å². The zero-order valence-corrected chi connectivity index (χ0v) is 9.47. The van der Waals surface area contributed by atoms with Gasteiger partial charge in [-0.05, 0) is 29.9 Å². The third-order valence-electron chi connectivity index (χ3n) is 2.14. The van der Waals surface area contributed by atoms with Crippen molar-refractivity contribution in [2.24, 2.45) is 5.84 Å². The van der Waals surface area contributed by atoms with Crippen LogP contribution in [-0.4, -0.2) is 16.5 Å². The van der Waals surface area contributed by atoms with Crippen LogP contribution in [-0.2, 0) is 0 Å². The van der Waals surface area contributed by atoms with Crippen LogP contribution in [0.3, 0.4) is 0 Å². The average Bonchev–Trinajstić information content (AvgIpc) is 2.21. The summed E-state index contributed by atoms with van der Waals surface area (Å²) in [5, 5.41) is 0. The summed E-state index contributed by atoms with van der Waals surface area (Å²) in [6, 6.07) is 2.21. The molecule has 0 fully saturated rings. The van der Waals surface area contributed by atoms with Gasteiger partial charge in [0.2, 0.25) is 0 Å². The van der Waals surface area contributed by atoms with Crippen LogP contribution in [0.5, 0.6) is 0 Å². The molecule has 1 aromatic rings. The maximum Gasteiger partial charge on any atom is 0.0568 e. The van der Waals surface area contributed by atoms with Crippen molar-refractivity contribution in [1.82, 2.24) is 10.4 Å². The molecular weight excluding hydrogens is 194 g/mol. The molecule has 1 aromatic heterocycles. The van der Waals surface area contributed by atoms with Crippen molar-refractivity contribution in [2.75, 3.05) is 11.5 Å². The molecular formula is C10H17N3S. The molecule has 1 atom stereocenters. The fraction of sp³-hybridized carbons (Fsp3) is 0.500. The van der Waals surface area contributed by atoms with Crippen molar-refractivity contribution < 1.29 is 0 Å². The lowest BCUT2D eigenvalue weighted by atomic mass is 10.1. The Morgan fingerprint density at radius 3 is 3.00 bits per heavy atom. The second-order valence-corrected chi connectivity index (χ2v) is 4.43. The summed E-state index contributed by atoms with van der Waals surface area (Å²) in [7, 11) is 0. The quantitative estimate of drug-likeness (QED) is 0.574. The Balaban J connectivity index is 2.73. The molecule has 14 heavy (non-hydrogen) atoms. The summed E-state index contributed by atoms with van der Waals surface area (Å²) in [5.41, 5.74) is 5.26. The monoisotopic (exact) mass is 211 g/mol. The van der Waals surface area contributed by atoms with E-state index in [0.29, 0.717) is 0 Å². The first-order chi connectivity index (χ1) is 6.79. The highest BCUT2D eigenvalue weighted by molar-refractivity contribution is 7.99. The van der Waals surface area contributed by atoms with Crippen LogP contribution in [0.15, 0.2) is 18.5 Å². The lowest BCUT2D eigenvalue weighted by Crippen LogP contribution is -2.30. The number of nitrogens with zero attached hydrogens (tertiary/aromatic N) is 1. The van der Waals surface area contributed by atoms with Gasteiger partial charge in [0.15, 0.2) is 0 Å². The van der Waals surface area contributed by atoms with Crippen LogP contribution in [0.4, 0.5) is 0 Å². The van der Waals surface area contributed by atoms with E-state index in [1.807, 2.05) is 24.0 Å². The van der Waals surface area contributed by atoms with E-state index < -0.39 is 0 Å². The van der Waals surface area contributed by atoms with Gasteiger partial charge in [0.1, 0.15) is 0 Å². The number of thioether (sulfide) groups is 1. The fourth-order valence-corrected chi connectivity index (χ4v) is 2.05. The van der Waals surface area contributed by atoms with Gasteiger partial charge in [-0.2, -0.15) is 11.8 Å². The summed E-state index contributed by atoms with van der Waals surface area (Å²) in [5.74, 6) is 7.62. The summed E-state index contributed by atoms with van der Waals surface area (Å²) in [6.07, 6.45) is 3.69. The van der Waals surface area contributed by atoms with Gasteiger partial charge in [0, 0.05) is 18.1 Å². The minimum absolute atomic E-state index is 0.202. The van der Waals surface area contributed by atoms with E-state index in [-0.39, 0.29) is 6.04 Å². The van der Waals surface area contributed by atoms with Crippen LogP contribution < -0.4 is 11.3 Å². The van der Waals surface area contributed by atoms with Gasteiger partial charge in [-0.3, -0.25) is 16.3 Å². The van der Waals surface area contributed by atoms with Gasteiger partial charge in [0.05, 0.1) is 6.04 Å². The highest BCUT2D eigenvalue weighted by atomic mass is 32.2. The molecule has 1 heterocycles. The molecule has 78 valence electrons. The predicted molar refractivity (Wildman–Crippen MR) is 62.0 cm³/mol. The SMILES string of the molecule is CCSCC(NN)c1cnccc1C. The molecule has 0 aliphatic carbocycles. The smallest absolute Gasteiger partial charge is 0.0568 e. The Hall–Kier alpha value is -0.580. The number of hydrogen-bond acceptors (Lipinski definition) is 4. The lowest BCUT2D eigenvalue weighted by Gasteiger charge is -2.17. The van der Waals surface area contributed by atoms with Crippen LogP contribution in [0, 0.1) is 6.92 Å². The van der Waals surface area contributed by atoms with Crippen LogP contribution >= 0.6 is 11.8 Å². The first kappa shape index (κ1) is 11.5. The van der Waals surface area contributed by atoms with E-state index in [1.165, 1.54) is 11.1 Å². The first-order valence-electron chi connectivity index (χ1n) is 4.74. The largest absolute Gasteiger partial charge is 0.271 e. The van der Waals surface area contributed by atoms with Crippen molar-refractivity contribution in [2.45, 2.75) is 19.9 Å². The van der Waals surface area contributed by atoms with Crippen molar-refractivity contribution in [1.29, 1.82) is 0 Å². The molecule has 0 saturated carbocycles. The van der Waals surface area contributed by atoms with Gasteiger partial charge in [-0.15, -0.1) is 0 Å². The maximum atomic E-state index is 5.52. The molecule has 1 rings (SSSR count). The molecule has 0 aliphatic rings. The molecule has 3 nitrogen and oxygen atoms in total. The van der Waals surface area contributed by atoms with Crippen molar-refractivity contribution in [3.63, 3.8) is 0 Å². The molecule has 3 N–H and O–H groups in total. The predicted octanol–water partition coefficient (Wildman–Crippen LogP) is 1.65. The zero-order valence-electron chi connectivity index (χ0n) is 8.66. The van der Waals surface area contributed by atoms with E-state index in [4.69, 9.17) is 5.84 Å². The number of pyridine rings is 1. The van der Waals surface area contributed by atoms with Crippen LogP contribution in [0.2, 0.25) is 0 Å². The summed E-state index contributed by atoms with van der Waals surface area (Å²) in [4.78, 5) is 4.12. The molecule has 0 aromatic carbocycles. The number of aromatic nitrogens is 1. The number of aryl methyl sites for hydroxylation is 1. The third kappa shape index (κ3) is 2.97. The molecule has 0 bridgehead atoms. The molecule has 0 aliphatic heterocycles. The molecule has 1 unspecified atom stereocenters. The highest BCUT2D eigenvalue weighted by Crippen LogP contribution is 2.19. The number of rotatable bonds is 5. The van der Waals surface area contributed by atoms with Gasteiger partial charge in [0.25, 0.3) is 0 Å². The normalized spacial score (nSPS) is 12.8. The second kappa shape index (κ2) is 6.01. The Morgan fingerprint density at radius 2 is 2.43 bits per heavy atom. The minimum atomic E-state index is 0.202. The highest BCUT2D eigenvalue weighted by Gasteiger charge is 2.11. The van der Waals surface area contributed by atoms with Gasteiger partial charge in [-0.25, -0.2) is 0 Å². The molecule has 0 radical (unpaired) electrons. The number of nitrogens with one attached hydrogen (secondary N) is 1. The summed E-state index contributed by atoms with van der Waals surface area (Å²) < 4.78 is 0. The van der Waals surface area contributed by atoms with E-state index >= 15 is 0 Å². The zero-order chi connectivity index (χ0) is 10.4. The third-order valence-corrected chi connectivity index (χ3v) is 3.12. The molecule has 0 spiro atoms. The number of hydrazine groups is 1. The lowest BCUT2D eigenvalue weighted by molar-refractivity contribution is 0.605. The summed E-state index contributed by atoms with van der Waals surface area (Å²) in [6.45, 7) is 4.23. The summed E-state index contributed by atoms with van der Waals surface area (Å²) >= 11 is 1.87. The second-order valence-electron chi connectivity index (χ2n) is 3.11. The Labute approximate surface area is 89.5 Å². The number of nitrogens with two attached hydrogens (primary N) is 1. The fourth-order valence-electron chi connectivity index (χ4n) is 1.30. The van der Waals surface area contributed by atoms with Crippen molar-refractivity contribution in [3.8, 4) is 0 Å². The van der Waals surface area contributed by atoms with E-state index in [2.05, 4.69) is 24.3 Å². The van der Waals surface area contributed by atoms with Gasteiger partial charge >= 0.3 is 0 Å². The molecule has 0 amide bonds. The minimum Gasteiger partial charge on any atom is -0.271 e. The van der Waals surface area contributed by atoms with Gasteiger partial charge < -0.3 is 0 Å². The standard InChI is InChI=1S/C10H17N3S/c1-3-14-7-10(13-11)9-6-12-5-4-8(9)2/h4-6,10,13H,3,7,11H2,1-2H3. The average molecular weight is 211 g/mol. The number of hydrogen-bond donors (Lipinski definition) is 2. The van der Waals surface area contributed by atoms with Crippen molar-refractivity contribution in [3.05, 3.63) is 29.6 Å². The molecule has 4 heteroatoms. The Morgan fingerprint density at radius 1 is 1.64 bits per heavy atom. The maximum absolute atomic E-state index is 5.52.